The summed E-state index contributed by atoms with van der Waals surface area (Å²) in [5.41, 5.74) is 17.8. The van der Waals surface area contributed by atoms with Crippen LogP contribution in [0.3, 0.4) is 0 Å². The van der Waals surface area contributed by atoms with Gasteiger partial charge >= 0.3 is 42.1 Å². The van der Waals surface area contributed by atoms with Crippen LogP contribution in [-0.4, -0.2) is 115 Å². The largest absolute Gasteiger partial charge is 2.00 e. The minimum Gasteiger partial charge on any atom is -0.549 e. The smallest absolute Gasteiger partial charge is 0.549 e. The van der Waals surface area contributed by atoms with Gasteiger partial charge in [-0.15, -0.1) is 12.1 Å². The maximum atomic E-state index is 11.5. The summed E-state index contributed by atoms with van der Waals surface area (Å²) in [6.07, 6.45) is 7.67. The average Bonchev–Trinajstić information content (AvgIpc) is 3.09. The van der Waals surface area contributed by atoms with E-state index in [1.165, 1.54) is 25.7 Å². The molecule has 3 rings (SSSR count). The molecule has 0 unspecified atom stereocenters. The van der Waals surface area contributed by atoms with Crippen LogP contribution in [0.5, 0.6) is 0 Å². The third-order valence-electron chi connectivity index (χ3n) is 9.16. The van der Waals surface area contributed by atoms with Crippen molar-refractivity contribution in [3.63, 3.8) is 0 Å². The molecule has 18 nitrogen and oxygen atoms in total. The van der Waals surface area contributed by atoms with Gasteiger partial charge in [0.25, 0.3) is 0 Å². The van der Waals surface area contributed by atoms with Crippen molar-refractivity contribution in [3.05, 3.63) is 12.1 Å². The molecule has 1 aliphatic heterocycles. The van der Waals surface area contributed by atoms with Gasteiger partial charge in [-0.25, -0.2) is 12.1 Å². The summed E-state index contributed by atoms with van der Waals surface area (Å²) < 4.78 is 31.5. The van der Waals surface area contributed by atoms with Crippen LogP contribution in [-0.2, 0) is 89.7 Å². The number of hydrogen-bond donors (Lipinski definition) is 4. The third kappa shape index (κ3) is 21.4. The van der Waals surface area contributed by atoms with E-state index in [1.54, 1.807) is 0 Å². The topological polar surface area (TPSA) is 320 Å². The van der Waals surface area contributed by atoms with Crippen molar-refractivity contribution in [3.8, 4) is 0 Å². The van der Waals surface area contributed by atoms with Crippen molar-refractivity contribution >= 4 is 23.9 Å². The van der Waals surface area contributed by atoms with Crippen molar-refractivity contribution in [2.24, 2.45) is 33.8 Å². The molecule has 2 atom stereocenters. The molecule has 0 bridgehead atoms. The Kier molecular flexibility index (Phi) is 32.4. The van der Waals surface area contributed by atoms with Crippen molar-refractivity contribution < 1.29 is 110 Å². The van der Waals surface area contributed by atoms with E-state index >= 15 is 0 Å². The molecule has 0 radical (unpaired) electrons. The maximum Gasteiger partial charge on any atom is 2.00 e. The molecule has 0 aromatic heterocycles. The summed E-state index contributed by atoms with van der Waals surface area (Å²) in [6, 6.07) is 2.39. The molecule has 0 amide bonds. The van der Waals surface area contributed by atoms with E-state index in [0.717, 1.165) is 37.8 Å². The van der Waals surface area contributed by atoms with E-state index in [0.29, 0.717) is 0 Å². The standard InChI is InChI=1S/C22H36O14.2C6H13N2.2Pt/c23-17(24)21(18(25)26)1-5-31-9-13-35-15-11-33-7-3-22(19(27)28,20(29)30)4-8-34-12-16-36-14-10-32-6-2-21;2*7-5-3-1-2-4-6(5)8;;/h1-16H2,(H,23,24)(H,25,26)(H,27,28)(H,29,30);2*5H,1-4,7-8H2;;/q;2*-1;2*+2/p-4/t;2*5-;;/m.10../s1. The normalized spacial score (nSPS) is 24.7. The average molecular weight is 1140 g/mol. The first kappa shape index (κ1) is 55.0. The summed E-state index contributed by atoms with van der Waals surface area (Å²) in [6.45, 7) is -0.399. The van der Waals surface area contributed by atoms with Crippen molar-refractivity contribution in [1.29, 1.82) is 0 Å². The molecular weight excluding hydrogens is 1080 g/mol. The monoisotopic (exact) mass is 1140 g/mol. The molecule has 320 valence electrons. The van der Waals surface area contributed by atoms with Gasteiger partial charge in [-0.3, -0.25) is 0 Å². The Morgan fingerprint density at radius 1 is 0.444 bits per heavy atom. The first-order chi connectivity index (χ1) is 24.8. The number of carbonyl (C=O) groups is 4. The van der Waals surface area contributed by atoms with E-state index in [-0.39, 0.29) is 133 Å². The van der Waals surface area contributed by atoms with Crippen LogP contribution >= 0.6 is 0 Å². The predicted molar refractivity (Wildman–Crippen MR) is 176 cm³/mol. The van der Waals surface area contributed by atoms with Crippen molar-refractivity contribution in [1.82, 2.24) is 0 Å². The Balaban J connectivity index is 0. The van der Waals surface area contributed by atoms with Gasteiger partial charge in [0.05, 0.1) is 87.6 Å². The minimum atomic E-state index is -2.27. The summed E-state index contributed by atoms with van der Waals surface area (Å²) in [5.74, 6) is -7.17. The van der Waals surface area contributed by atoms with E-state index in [1.807, 2.05) is 0 Å². The SMILES string of the molecule is N[C-]1CCCC[C@@H]1N.N[C-]1CCCC[C@H]1N.O=C([O-])C1(C(=O)[O-])CCOCCOCCOCCC(C(=O)[O-])(C(=O)[O-])CCOCCOCCOCC1.[Pt+2].[Pt+2]. The van der Waals surface area contributed by atoms with E-state index < -0.39 is 60.4 Å². The maximum absolute atomic E-state index is 11.5. The Bertz CT molecular complexity index is 881. The fraction of sp³-hybridized carbons (Fsp3) is 0.824. The van der Waals surface area contributed by atoms with Crippen LogP contribution in [0.15, 0.2) is 0 Å². The van der Waals surface area contributed by atoms with Crippen molar-refractivity contribution in [2.75, 3.05) is 79.3 Å². The molecule has 0 spiro atoms. The fourth-order valence-electron chi connectivity index (χ4n) is 5.43. The second-order valence-corrected chi connectivity index (χ2v) is 12.8. The zero-order valence-corrected chi connectivity index (χ0v) is 35.3. The van der Waals surface area contributed by atoms with Gasteiger partial charge in [0.2, 0.25) is 0 Å². The molecule has 8 N–H and O–H groups in total. The van der Waals surface area contributed by atoms with Gasteiger partial charge in [0, 0.05) is 26.4 Å². The molecule has 3 aliphatic rings. The van der Waals surface area contributed by atoms with Crippen LogP contribution in [0.4, 0.5) is 0 Å². The van der Waals surface area contributed by atoms with Gasteiger partial charge in [-0.2, -0.15) is 12.8 Å². The predicted octanol–water partition coefficient (Wildman–Crippen LogP) is -4.62. The van der Waals surface area contributed by atoms with E-state index in [9.17, 15) is 39.6 Å². The van der Waals surface area contributed by atoms with Gasteiger partial charge < -0.3 is 91.0 Å². The first-order valence-corrected chi connectivity index (χ1v) is 17.9. The number of aliphatic carboxylic acids is 4. The van der Waals surface area contributed by atoms with Crippen LogP contribution in [0.2, 0.25) is 0 Å². The molecule has 0 aromatic carbocycles. The van der Waals surface area contributed by atoms with Crippen LogP contribution in [0.1, 0.15) is 77.0 Å². The molecule has 54 heavy (non-hydrogen) atoms. The van der Waals surface area contributed by atoms with E-state index in [2.05, 4.69) is 0 Å². The van der Waals surface area contributed by atoms with Crippen LogP contribution < -0.4 is 43.4 Å². The molecule has 0 aromatic rings. The van der Waals surface area contributed by atoms with Gasteiger partial charge in [0.15, 0.2) is 0 Å². The Labute approximate surface area is 346 Å². The van der Waals surface area contributed by atoms with Crippen molar-refractivity contribution in [2.45, 2.75) is 89.1 Å². The van der Waals surface area contributed by atoms with Gasteiger partial charge in [-0.05, 0) is 25.7 Å². The van der Waals surface area contributed by atoms with E-state index in [4.69, 9.17) is 51.4 Å². The number of rotatable bonds is 4. The van der Waals surface area contributed by atoms with Gasteiger partial charge in [0.1, 0.15) is 0 Å². The summed E-state index contributed by atoms with van der Waals surface area (Å²) in [5, 5.41) is 46.2. The molecule has 2 aliphatic carbocycles. The zero-order valence-electron chi connectivity index (χ0n) is 30.8. The number of hydrogen-bond acceptors (Lipinski definition) is 18. The van der Waals surface area contributed by atoms with Crippen LogP contribution in [0.25, 0.3) is 0 Å². The molecule has 3 fully saturated rings. The van der Waals surface area contributed by atoms with Gasteiger partial charge in [-0.1, -0.05) is 38.5 Å². The number of carboxylic acids is 4. The Hall–Kier alpha value is -1.14. The molecule has 1 saturated heterocycles. The summed E-state index contributed by atoms with van der Waals surface area (Å²) in [7, 11) is 0. The second-order valence-electron chi connectivity index (χ2n) is 12.8. The number of carbonyl (C=O) groups excluding carboxylic acids is 4. The minimum absolute atomic E-state index is 0. The zero-order chi connectivity index (χ0) is 38.8. The Morgan fingerprint density at radius 2 is 0.667 bits per heavy atom. The fourth-order valence-corrected chi connectivity index (χ4v) is 5.43. The summed E-state index contributed by atoms with van der Waals surface area (Å²) >= 11 is 0. The molecule has 20 heteroatoms. The van der Waals surface area contributed by atoms with Crippen LogP contribution in [0, 0.1) is 22.9 Å². The summed E-state index contributed by atoms with van der Waals surface area (Å²) in [4.78, 5) is 46.2. The number of ether oxygens (including phenoxy) is 6. The second kappa shape index (κ2) is 31.9. The Morgan fingerprint density at radius 3 is 0.833 bits per heavy atom. The number of carboxylic acid groups (broad SMARTS) is 4. The molecular formula is C34H58N4O14Pt2-2. The quantitative estimate of drug-likeness (QED) is 0.152. The molecule has 2 saturated carbocycles. The third-order valence-corrected chi connectivity index (χ3v) is 9.16. The molecule has 1 heterocycles. The number of nitrogens with two attached hydrogens (primary N) is 4. The first-order valence-electron chi connectivity index (χ1n) is 17.9.